The van der Waals surface area contributed by atoms with Crippen LogP contribution < -0.4 is 10.6 Å². The highest BCUT2D eigenvalue weighted by atomic mass is 32.2. The maximum absolute atomic E-state index is 10.7. The number of urea groups is 1. The first-order chi connectivity index (χ1) is 4.83. The van der Waals surface area contributed by atoms with Gasteiger partial charge in [-0.15, -0.1) is 0 Å². The van der Waals surface area contributed by atoms with Crippen molar-refractivity contribution < 1.29 is 4.79 Å². The standard InChI is InChI=1S/C6H12N2OS/c1-7-6(9)8-5-2-3-10-4-5/h5H,2-4H2,1H3,(H2,7,8,9). The normalized spacial score (nSPS) is 24.3. The molecular formula is C6H12N2OS. The molecule has 1 rings (SSSR count). The van der Waals surface area contributed by atoms with Crippen LogP contribution in [0.5, 0.6) is 0 Å². The van der Waals surface area contributed by atoms with Crippen molar-refractivity contribution in [2.45, 2.75) is 12.5 Å². The molecule has 1 saturated heterocycles. The minimum Gasteiger partial charge on any atom is -0.341 e. The Morgan fingerprint density at radius 2 is 2.50 bits per heavy atom. The lowest BCUT2D eigenvalue weighted by atomic mass is 10.3. The summed E-state index contributed by atoms with van der Waals surface area (Å²) in [6.07, 6.45) is 1.11. The monoisotopic (exact) mass is 160 g/mol. The van der Waals surface area contributed by atoms with Gasteiger partial charge in [0.15, 0.2) is 0 Å². The van der Waals surface area contributed by atoms with Crippen molar-refractivity contribution >= 4 is 17.8 Å². The summed E-state index contributed by atoms with van der Waals surface area (Å²) in [7, 11) is 1.64. The zero-order valence-electron chi connectivity index (χ0n) is 6.02. The lowest BCUT2D eigenvalue weighted by Crippen LogP contribution is -2.40. The van der Waals surface area contributed by atoms with Crippen LogP contribution in [-0.4, -0.2) is 30.6 Å². The van der Waals surface area contributed by atoms with Crippen LogP contribution in [0.4, 0.5) is 4.79 Å². The van der Waals surface area contributed by atoms with Gasteiger partial charge >= 0.3 is 6.03 Å². The maximum atomic E-state index is 10.7. The van der Waals surface area contributed by atoms with Crippen molar-refractivity contribution in [3.8, 4) is 0 Å². The maximum Gasteiger partial charge on any atom is 0.314 e. The largest absolute Gasteiger partial charge is 0.341 e. The van der Waals surface area contributed by atoms with E-state index in [1.165, 1.54) is 5.75 Å². The van der Waals surface area contributed by atoms with Gasteiger partial charge in [0.1, 0.15) is 0 Å². The van der Waals surface area contributed by atoms with Gasteiger partial charge in [-0.2, -0.15) is 11.8 Å². The van der Waals surface area contributed by atoms with Crippen molar-refractivity contribution in [1.82, 2.24) is 10.6 Å². The summed E-state index contributed by atoms with van der Waals surface area (Å²) in [5.41, 5.74) is 0. The van der Waals surface area contributed by atoms with Gasteiger partial charge in [-0.05, 0) is 12.2 Å². The molecule has 0 bridgehead atoms. The van der Waals surface area contributed by atoms with Gasteiger partial charge in [0, 0.05) is 18.8 Å². The number of carbonyl (C=O) groups is 1. The van der Waals surface area contributed by atoms with Gasteiger partial charge in [0.05, 0.1) is 0 Å². The quantitative estimate of drug-likeness (QED) is 0.583. The molecule has 4 heteroatoms. The van der Waals surface area contributed by atoms with Crippen LogP contribution in [0.2, 0.25) is 0 Å². The molecule has 1 heterocycles. The number of thioether (sulfide) groups is 1. The van der Waals surface area contributed by atoms with Crippen molar-refractivity contribution in [2.75, 3.05) is 18.6 Å². The van der Waals surface area contributed by atoms with Gasteiger partial charge in [-0.3, -0.25) is 0 Å². The Morgan fingerprint density at radius 3 is 3.00 bits per heavy atom. The van der Waals surface area contributed by atoms with Gasteiger partial charge in [0.25, 0.3) is 0 Å². The molecule has 3 nitrogen and oxygen atoms in total. The molecule has 58 valence electrons. The van der Waals surface area contributed by atoms with E-state index in [4.69, 9.17) is 0 Å². The third-order valence-electron chi connectivity index (χ3n) is 1.49. The predicted molar refractivity (Wildman–Crippen MR) is 43.3 cm³/mol. The molecule has 2 amide bonds. The number of amides is 2. The van der Waals surface area contributed by atoms with Gasteiger partial charge in [-0.1, -0.05) is 0 Å². The number of rotatable bonds is 1. The molecule has 1 aliphatic rings. The van der Waals surface area contributed by atoms with Crippen LogP contribution >= 0.6 is 11.8 Å². The zero-order valence-corrected chi connectivity index (χ0v) is 6.83. The fourth-order valence-corrected chi connectivity index (χ4v) is 2.06. The molecular weight excluding hydrogens is 148 g/mol. The predicted octanol–water partition coefficient (Wildman–Crippen LogP) is 0.421. The second-order valence-electron chi connectivity index (χ2n) is 2.28. The van der Waals surface area contributed by atoms with Crippen LogP contribution in [0.1, 0.15) is 6.42 Å². The molecule has 1 unspecified atom stereocenters. The number of hydrogen-bond donors (Lipinski definition) is 2. The Labute approximate surface area is 64.9 Å². The number of carbonyl (C=O) groups excluding carboxylic acids is 1. The van der Waals surface area contributed by atoms with Gasteiger partial charge in [0.2, 0.25) is 0 Å². The van der Waals surface area contributed by atoms with E-state index >= 15 is 0 Å². The summed E-state index contributed by atoms with van der Waals surface area (Å²) in [6.45, 7) is 0. The van der Waals surface area contributed by atoms with Crippen LogP contribution in [0.3, 0.4) is 0 Å². The fraction of sp³-hybridized carbons (Fsp3) is 0.833. The number of nitrogens with one attached hydrogen (secondary N) is 2. The molecule has 0 spiro atoms. The Morgan fingerprint density at radius 1 is 1.70 bits per heavy atom. The van der Waals surface area contributed by atoms with E-state index in [1.807, 2.05) is 11.8 Å². The molecule has 1 fully saturated rings. The fourth-order valence-electron chi connectivity index (χ4n) is 0.906. The van der Waals surface area contributed by atoms with E-state index in [-0.39, 0.29) is 6.03 Å². The smallest absolute Gasteiger partial charge is 0.314 e. The second kappa shape index (κ2) is 3.71. The Bertz CT molecular complexity index is 123. The van der Waals surface area contributed by atoms with Crippen molar-refractivity contribution in [2.24, 2.45) is 0 Å². The minimum atomic E-state index is -0.0625. The topological polar surface area (TPSA) is 41.1 Å². The van der Waals surface area contributed by atoms with Gasteiger partial charge < -0.3 is 10.6 Å². The van der Waals surface area contributed by atoms with Crippen LogP contribution in [-0.2, 0) is 0 Å². The average molecular weight is 160 g/mol. The highest BCUT2D eigenvalue weighted by Gasteiger charge is 2.16. The first-order valence-corrected chi connectivity index (χ1v) is 4.54. The van der Waals surface area contributed by atoms with E-state index in [1.54, 1.807) is 7.05 Å². The highest BCUT2D eigenvalue weighted by Crippen LogP contribution is 2.16. The summed E-state index contributed by atoms with van der Waals surface area (Å²) in [5.74, 6) is 2.24. The first-order valence-electron chi connectivity index (χ1n) is 3.39. The van der Waals surface area contributed by atoms with E-state index in [9.17, 15) is 4.79 Å². The highest BCUT2D eigenvalue weighted by molar-refractivity contribution is 7.99. The second-order valence-corrected chi connectivity index (χ2v) is 3.43. The van der Waals surface area contributed by atoms with Crippen LogP contribution in [0.25, 0.3) is 0 Å². The Balaban J connectivity index is 2.17. The molecule has 0 aliphatic carbocycles. The lowest BCUT2D eigenvalue weighted by Gasteiger charge is -2.09. The minimum absolute atomic E-state index is 0.0625. The Hall–Kier alpha value is -0.380. The summed E-state index contributed by atoms with van der Waals surface area (Å²) in [5, 5.41) is 5.39. The molecule has 0 aromatic heterocycles. The van der Waals surface area contributed by atoms with Crippen LogP contribution in [0, 0.1) is 0 Å². The Kier molecular flexibility index (Phi) is 2.86. The van der Waals surface area contributed by atoms with E-state index < -0.39 is 0 Å². The molecule has 10 heavy (non-hydrogen) atoms. The number of hydrogen-bond acceptors (Lipinski definition) is 2. The van der Waals surface area contributed by atoms with Crippen molar-refractivity contribution in [3.63, 3.8) is 0 Å². The van der Waals surface area contributed by atoms with E-state index in [2.05, 4.69) is 10.6 Å². The third kappa shape index (κ3) is 2.10. The zero-order chi connectivity index (χ0) is 7.40. The van der Waals surface area contributed by atoms with Gasteiger partial charge in [-0.25, -0.2) is 4.79 Å². The van der Waals surface area contributed by atoms with E-state index in [0.29, 0.717) is 6.04 Å². The SMILES string of the molecule is CNC(=O)NC1CCSC1. The molecule has 0 radical (unpaired) electrons. The molecule has 1 atom stereocenters. The van der Waals surface area contributed by atoms with Crippen LogP contribution in [0.15, 0.2) is 0 Å². The lowest BCUT2D eigenvalue weighted by molar-refractivity contribution is 0.240. The molecule has 2 N–H and O–H groups in total. The summed E-state index contributed by atoms with van der Waals surface area (Å²) < 4.78 is 0. The van der Waals surface area contributed by atoms with E-state index in [0.717, 1.165) is 12.2 Å². The first kappa shape index (κ1) is 7.72. The molecule has 0 saturated carbocycles. The third-order valence-corrected chi connectivity index (χ3v) is 2.65. The summed E-state index contributed by atoms with van der Waals surface area (Å²) in [4.78, 5) is 10.7. The molecule has 0 aromatic rings. The summed E-state index contributed by atoms with van der Waals surface area (Å²) >= 11 is 1.89. The summed E-state index contributed by atoms with van der Waals surface area (Å²) in [6, 6.07) is 0.331. The van der Waals surface area contributed by atoms with Crippen molar-refractivity contribution in [1.29, 1.82) is 0 Å². The van der Waals surface area contributed by atoms with Crippen molar-refractivity contribution in [3.05, 3.63) is 0 Å². The molecule has 0 aromatic carbocycles. The average Bonchev–Trinajstić information content (AvgIpc) is 2.40. The molecule has 1 aliphatic heterocycles.